The zero-order valence-electron chi connectivity index (χ0n) is 16.9. The molecule has 0 aliphatic heterocycles. The highest BCUT2D eigenvalue weighted by atomic mass is 16.5. The molecule has 0 bridgehead atoms. The van der Waals surface area contributed by atoms with Crippen LogP contribution in [0.5, 0.6) is 11.5 Å². The van der Waals surface area contributed by atoms with Gasteiger partial charge in [0, 0.05) is 18.7 Å². The quantitative estimate of drug-likeness (QED) is 0.633. The van der Waals surface area contributed by atoms with E-state index in [1.165, 1.54) is 5.56 Å². The molecule has 7 heteroatoms. The van der Waals surface area contributed by atoms with Crippen molar-refractivity contribution in [2.75, 3.05) is 24.9 Å². The first-order chi connectivity index (χ1) is 14.0. The highest BCUT2D eigenvalue weighted by Gasteiger charge is 2.14. The molecule has 29 heavy (non-hydrogen) atoms. The van der Waals surface area contributed by atoms with Crippen LogP contribution in [0.2, 0.25) is 0 Å². The lowest BCUT2D eigenvalue weighted by atomic mass is 10.1. The number of hydrogen-bond acceptors (Lipinski definition) is 6. The molecule has 3 rings (SSSR count). The lowest BCUT2D eigenvalue weighted by Crippen LogP contribution is -2.16. The van der Waals surface area contributed by atoms with Crippen molar-refractivity contribution in [3.63, 3.8) is 0 Å². The highest BCUT2D eigenvalue weighted by Crippen LogP contribution is 2.29. The minimum absolute atomic E-state index is 0.258. The van der Waals surface area contributed by atoms with Gasteiger partial charge in [0.25, 0.3) is 5.91 Å². The number of nitrogens with one attached hydrogen (secondary N) is 2. The van der Waals surface area contributed by atoms with E-state index in [9.17, 15) is 4.79 Å². The summed E-state index contributed by atoms with van der Waals surface area (Å²) in [6.45, 7) is 4.40. The fraction of sp³-hybridized carbons (Fsp3) is 0.227. The van der Waals surface area contributed by atoms with Gasteiger partial charge in [-0.2, -0.15) is 0 Å². The van der Waals surface area contributed by atoms with Crippen LogP contribution in [0.1, 0.15) is 27.4 Å². The van der Waals surface area contributed by atoms with Gasteiger partial charge in [0.15, 0.2) is 0 Å². The van der Waals surface area contributed by atoms with Crippen LogP contribution in [0, 0.1) is 13.8 Å². The van der Waals surface area contributed by atoms with Crippen molar-refractivity contribution in [2.24, 2.45) is 0 Å². The number of aromatic nitrogens is 2. The Morgan fingerprint density at radius 1 is 1.00 bits per heavy atom. The zero-order chi connectivity index (χ0) is 20.8. The van der Waals surface area contributed by atoms with Crippen LogP contribution in [0.4, 0.5) is 11.5 Å². The van der Waals surface area contributed by atoms with Gasteiger partial charge in [-0.25, -0.2) is 9.97 Å². The number of anilines is 2. The predicted octanol–water partition coefficient (Wildman–Crippen LogP) is 3.98. The third-order valence-corrected chi connectivity index (χ3v) is 4.28. The number of aryl methyl sites for hydroxylation is 2. The molecule has 0 aliphatic rings. The van der Waals surface area contributed by atoms with Gasteiger partial charge in [0.05, 0.1) is 19.9 Å². The second kappa shape index (κ2) is 9.05. The standard InChI is InChI=1S/C22H24N4O3/c1-14-6-5-7-16(10-14)13-23-21-12-19(24-15(2)25-21)22(27)26-18-11-17(28-3)8-9-20(18)29-4/h5-12H,13H2,1-4H3,(H,26,27)(H,23,24,25). The van der Waals surface area contributed by atoms with E-state index >= 15 is 0 Å². The molecule has 2 N–H and O–H groups in total. The summed E-state index contributed by atoms with van der Waals surface area (Å²) in [6, 6.07) is 15.0. The Hall–Kier alpha value is -3.61. The Kier molecular flexibility index (Phi) is 6.29. The van der Waals surface area contributed by atoms with Crippen LogP contribution < -0.4 is 20.1 Å². The van der Waals surface area contributed by atoms with Crippen LogP contribution in [0.25, 0.3) is 0 Å². The number of methoxy groups -OCH3 is 2. The van der Waals surface area contributed by atoms with E-state index in [0.717, 1.165) is 5.56 Å². The summed E-state index contributed by atoms with van der Waals surface area (Å²) in [5.74, 6) is 1.87. The maximum Gasteiger partial charge on any atom is 0.274 e. The largest absolute Gasteiger partial charge is 0.497 e. The Balaban J connectivity index is 1.77. The molecule has 0 saturated heterocycles. The van der Waals surface area contributed by atoms with E-state index in [-0.39, 0.29) is 11.6 Å². The van der Waals surface area contributed by atoms with Gasteiger partial charge in [0.2, 0.25) is 0 Å². The summed E-state index contributed by atoms with van der Waals surface area (Å²) in [5, 5.41) is 6.08. The molecule has 0 spiro atoms. The smallest absolute Gasteiger partial charge is 0.274 e. The third kappa shape index (κ3) is 5.22. The average Bonchev–Trinajstić information content (AvgIpc) is 2.72. The average molecular weight is 392 g/mol. The summed E-state index contributed by atoms with van der Waals surface area (Å²) in [4.78, 5) is 21.4. The van der Waals surface area contributed by atoms with Gasteiger partial charge in [-0.05, 0) is 31.5 Å². The lowest BCUT2D eigenvalue weighted by Gasteiger charge is -2.12. The second-order valence-corrected chi connectivity index (χ2v) is 6.55. The number of ether oxygens (including phenoxy) is 2. The van der Waals surface area contributed by atoms with Crippen LogP contribution in [0.15, 0.2) is 48.5 Å². The number of carbonyl (C=O) groups is 1. The van der Waals surface area contributed by atoms with E-state index < -0.39 is 0 Å². The Morgan fingerprint density at radius 2 is 1.83 bits per heavy atom. The molecule has 0 radical (unpaired) electrons. The van der Waals surface area contributed by atoms with Gasteiger partial charge < -0.3 is 20.1 Å². The summed E-state index contributed by atoms with van der Waals surface area (Å²) < 4.78 is 10.5. The molecule has 7 nitrogen and oxygen atoms in total. The predicted molar refractivity (Wildman–Crippen MR) is 113 cm³/mol. The van der Waals surface area contributed by atoms with Crippen LogP contribution in [0.3, 0.4) is 0 Å². The normalized spacial score (nSPS) is 10.3. The monoisotopic (exact) mass is 392 g/mol. The fourth-order valence-electron chi connectivity index (χ4n) is 2.89. The Labute approximate surface area is 170 Å². The Bertz CT molecular complexity index is 1020. The van der Waals surface area contributed by atoms with Crippen molar-refractivity contribution in [1.29, 1.82) is 0 Å². The molecule has 0 atom stereocenters. The number of amides is 1. The minimum Gasteiger partial charge on any atom is -0.497 e. The summed E-state index contributed by atoms with van der Waals surface area (Å²) in [6.07, 6.45) is 0. The lowest BCUT2D eigenvalue weighted by molar-refractivity contribution is 0.102. The molecule has 0 unspecified atom stereocenters. The molecule has 1 aromatic heterocycles. The van der Waals surface area contributed by atoms with Crippen molar-refractivity contribution < 1.29 is 14.3 Å². The summed E-state index contributed by atoms with van der Waals surface area (Å²) >= 11 is 0. The Morgan fingerprint density at radius 3 is 2.55 bits per heavy atom. The number of nitrogens with zero attached hydrogens (tertiary/aromatic N) is 2. The first-order valence-corrected chi connectivity index (χ1v) is 9.17. The van der Waals surface area contributed by atoms with E-state index in [4.69, 9.17) is 9.47 Å². The molecule has 150 valence electrons. The van der Waals surface area contributed by atoms with E-state index in [1.807, 2.05) is 25.1 Å². The summed E-state index contributed by atoms with van der Waals surface area (Å²) in [5.41, 5.74) is 3.08. The van der Waals surface area contributed by atoms with Gasteiger partial charge >= 0.3 is 0 Å². The van der Waals surface area contributed by atoms with E-state index in [2.05, 4.69) is 26.7 Å². The maximum atomic E-state index is 12.8. The molecule has 1 amide bonds. The number of rotatable bonds is 7. The van der Waals surface area contributed by atoms with Crippen molar-refractivity contribution in [2.45, 2.75) is 20.4 Å². The number of hydrogen-bond donors (Lipinski definition) is 2. The number of benzene rings is 2. The van der Waals surface area contributed by atoms with Crippen molar-refractivity contribution in [3.05, 3.63) is 71.2 Å². The molecule has 2 aromatic carbocycles. The first-order valence-electron chi connectivity index (χ1n) is 9.17. The fourth-order valence-corrected chi connectivity index (χ4v) is 2.89. The molecule has 3 aromatic rings. The molecule has 0 fully saturated rings. The van der Waals surface area contributed by atoms with Crippen molar-refractivity contribution >= 4 is 17.4 Å². The van der Waals surface area contributed by atoms with Crippen LogP contribution in [-0.2, 0) is 6.54 Å². The van der Waals surface area contributed by atoms with E-state index in [1.54, 1.807) is 45.4 Å². The first kappa shape index (κ1) is 20.1. The van der Waals surface area contributed by atoms with Crippen LogP contribution >= 0.6 is 0 Å². The second-order valence-electron chi connectivity index (χ2n) is 6.55. The molecular weight excluding hydrogens is 368 g/mol. The third-order valence-electron chi connectivity index (χ3n) is 4.28. The summed E-state index contributed by atoms with van der Waals surface area (Å²) in [7, 11) is 3.10. The SMILES string of the molecule is COc1ccc(OC)c(NC(=O)c2cc(NCc3cccc(C)c3)nc(C)n2)c1. The van der Waals surface area contributed by atoms with Gasteiger partial charge in [0.1, 0.15) is 28.8 Å². The molecule has 0 saturated carbocycles. The van der Waals surface area contributed by atoms with Crippen molar-refractivity contribution in [3.8, 4) is 11.5 Å². The van der Waals surface area contributed by atoms with Gasteiger partial charge in [-0.15, -0.1) is 0 Å². The van der Waals surface area contributed by atoms with Crippen molar-refractivity contribution in [1.82, 2.24) is 9.97 Å². The molecular formula is C22H24N4O3. The topological polar surface area (TPSA) is 85.4 Å². The molecule has 0 aliphatic carbocycles. The minimum atomic E-state index is -0.361. The van der Waals surface area contributed by atoms with Gasteiger partial charge in [-0.3, -0.25) is 4.79 Å². The zero-order valence-corrected chi connectivity index (χ0v) is 16.9. The highest BCUT2D eigenvalue weighted by molar-refractivity contribution is 6.04. The van der Waals surface area contributed by atoms with E-state index in [0.29, 0.717) is 35.4 Å². The maximum absolute atomic E-state index is 12.8. The van der Waals surface area contributed by atoms with Gasteiger partial charge in [-0.1, -0.05) is 29.8 Å². The molecule has 1 heterocycles. The number of carbonyl (C=O) groups excluding carboxylic acids is 1. The van der Waals surface area contributed by atoms with Crippen LogP contribution in [-0.4, -0.2) is 30.1 Å².